The third kappa shape index (κ3) is 27.9. The Bertz CT molecular complexity index is 5480. The van der Waals surface area contributed by atoms with Gasteiger partial charge in [-0.05, 0) is 311 Å². The number of carbonyl (C=O) groups is 4. The molecule has 0 aliphatic heterocycles. The van der Waals surface area contributed by atoms with Crippen LogP contribution in [-0.4, -0.2) is 173 Å². The fourth-order valence-corrected chi connectivity index (χ4v) is 18.0. The van der Waals surface area contributed by atoms with Gasteiger partial charge in [0.15, 0.2) is 0 Å². The maximum absolute atomic E-state index is 13.2. The standard InChI is InChI=1S/C45H43Br4N7O5.C44H42Br4N8O7.CH4/c46-35-22-30(23-36(47)44(35)59)26-51-53-42(57)28-55(40-15-7-11-32-10-1-2-12-33(32)40)18-3-5-20-61-21-6-4-19-56(41-16-8-14-39-34(41)13-9-17-50-39)29-43(58)54-52-27-31-24-37(48)45(60)38(49)25-31;45-31-21-27(41(59)39(47)43(31)61)23-51-53-37(57)25-55(35-13-5-11-33-29(35)9-7-15-49-33)17-1-3-19-63-20-4-2-18-56(36-14-6-12-34-30(36)10-8-16-50-34)26-38(58)54-52-24-28-22-32(46)44(62)40(48)42(28)60;/h1-2,7-17,22-27,59-60H,3-6,18-21,28-29H2,(H,53,57)(H,54,58);5-16,21-24,59-62H,1-4,17-20,25-26H2,(H,53,57)(H,54,58);1H4/b51-26+,52-27+;51-23+,52-24+;. The number of aromatic hydroxyl groups is 6. The zero-order valence-corrected chi connectivity index (χ0v) is 79.1. The molecule has 12 rings (SSSR count). The summed E-state index contributed by atoms with van der Waals surface area (Å²) in [4.78, 5) is 74.2. The Morgan fingerprint density at radius 3 is 0.944 bits per heavy atom. The van der Waals surface area contributed by atoms with Crippen LogP contribution in [-0.2, 0) is 28.7 Å². The van der Waals surface area contributed by atoms with Gasteiger partial charge in [-0.25, -0.2) is 21.7 Å². The van der Waals surface area contributed by atoms with Crippen LogP contribution < -0.4 is 41.3 Å². The lowest BCUT2D eigenvalue weighted by atomic mass is 10.1. The monoisotopic (exact) mass is 2200 g/mol. The Hall–Kier alpha value is -10.2. The third-order valence-corrected chi connectivity index (χ3v) is 24.4. The highest BCUT2D eigenvalue weighted by molar-refractivity contribution is 9.12. The van der Waals surface area contributed by atoms with Crippen molar-refractivity contribution >= 4 is 242 Å². The first-order chi connectivity index (χ1) is 60.0. The highest BCUT2D eigenvalue weighted by Crippen LogP contribution is 2.43. The molecule has 0 spiro atoms. The van der Waals surface area contributed by atoms with Crippen molar-refractivity contribution in [3.05, 3.63) is 246 Å². The van der Waals surface area contributed by atoms with Crippen molar-refractivity contribution in [1.29, 1.82) is 0 Å². The van der Waals surface area contributed by atoms with Gasteiger partial charge in [0.2, 0.25) is 0 Å². The predicted octanol–water partition coefficient (Wildman–Crippen LogP) is 19.5. The maximum Gasteiger partial charge on any atom is 0.259 e. The van der Waals surface area contributed by atoms with Crippen LogP contribution >= 0.6 is 127 Å². The summed E-state index contributed by atoms with van der Waals surface area (Å²) in [5.41, 5.74) is 18.4. The molecule has 652 valence electrons. The molecule has 35 heteroatoms. The molecule has 0 bridgehead atoms. The van der Waals surface area contributed by atoms with Gasteiger partial charge < -0.3 is 59.7 Å². The number of hydrazone groups is 4. The molecule has 0 radical (unpaired) electrons. The van der Waals surface area contributed by atoms with E-state index in [2.05, 4.69) is 208 Å². The number of nitrogens with zero attached hydrogens (tertiary/aromatic N) is 11. The zero-order chi connectivity index (χ0) is 88.0. The van der Waals surface area contributed by atoms with Gasteiger partial charge in [0.1, 0.15) is 43.4 Å². The van der Waals surface area contributed by atoms with E-state index in [1.807, 2.05) is 130 Å². The maximum atomic E-state index is 13.2. The number of amides is 4. The number of carbonyl (C=O) groups excluding carboxylic acids is 4. The summed E-state index contributed by atoms with van der Waals surface area (Å²) in [5.74, 6) is -1.83. The van der Waals surface area contributed by atoms with Crippen molar-refractivity contribution in [2.45, 2.75) is 58.8 Å². The molecule has 0 unspecified atom stereocenters. The number of benzene rings is 9. The minimum Gasteiger partial charge on any atom is -0.506 e. The molecule has 0 fully saturated rings. The first-order valence-corrected chi connectivity index (χ1v) is 45.4. The second-order valence-corrected chi connectivity index (χ2v) is 34.7. The van der Waals surface area contributed by atoms with Crippen LogP contribution in [0.4, 0.5) is 22.7 Å². The number of halogens is 8. The summed E-state index contributed by atoms with van der Waals surface area (Å²) >= 11 is 26.0. The van der Waals surface area contributed by atoms with Crippen molar-refractivity contribution in [3.8, 4) is 34.5 Å². The van der Waals surface area contributed by atoms with Gasteiger partial charge in [0.05, 0.1) is 94.4 Å². The van der Waals surface area contributed by atoms with Crippen LogP contribution in [0.15, 0.2) is 245 Å². The second kappa shape index (κ2) is 49.1. The van der Waals surface area contributed by atoms with E-state index in [1.165, 1.54) is 37.0 Å². The predicted molar refractivity (Wildman–Crippen MR) is 524 cm³/mol. The fourth-order valence-electron chi connectivity index (χ4n) is 13.2. The Balaban J connectivity index is 0.000000259. The van der Waals surface area contributed by atoms with Crippen LogP contribution in [0.1, 0.15) is 81.0 Å². The molecule has 12 aromatic rings. The van der Waals surface area contributed by atoms with Gasteiger partial charge in [-0.2, -0.15) is 20.4 Å². The van der Waals surface area contributed by atoms with Crippen molar-refractivity contribution in [1.82, 2.24) is 36.7 Å². The molecule has 0 atom stereocenters. The molecule has 125 heavy (non-hydrogen) atoms. The molecule has 9 aromatic carbocycles. The number of aromatic nitrogens is 3. The normalized spacial score (nSPS) is 11.4. The van der Waals surface area contributed by atoms with Gasteiger partial charge in [-0.1, -0.05) is 62.0 Å². The van der Waals surface area contributed by atoms with Crippen molar-refractivity contribution in [3.63, 3.8) is 0 Å². The van der Waals surface area contributed by atoms with Gasteiger partial charge in [-0.3, -0.25) is 34.1 Å². The number of fused-ring (bicyclic) bond motifs is 4. The smallest absolute Gasteiger partial charge is 0.259 e. The second-order valence-electron chi connectivity index (χ2n) is 28.0. The lowest BCUT2D eigenvalue weighted by Gasteiger charge is -2.25. The molecule has 3 heterocycles. The van der Waals surface area contributed by atoms with Gasteiger partial charge >= 0.3 is 0 Å². The molecule has 0 saturated carbocycles. The first-order valence-electron chi connectivity index (χ1n) is 39.1. The number of phenols is 6. The van der Waals surface area contributed by atoms with Gasteiger partial charge in [-0.15, -0.1) is 0 Å². The van der Waals surface area contributed by atoms with E-state index >= 15 is 0 Å². The number of rotatable bonds is 40. The number of pyridine rings is 3. The van der Waals surface area contributed by atoms with Crippen LogP contribution in [0, 0.1) is 0 Å². The van der Waals surface area contributed by atoms with Crippen LogP contribution in [0.25, 0.3) is 43.5 Å². The minimum atomic E-state index is -0.366. The van der Waals surface area contributed by atoms with Gasteiger partial charge in [0, 0.05) is 127 Å². The summed E-state index contributed by atoms with van der Waals surface area (Å²) in [5, 5.41) is 82.1. The number of phenolic OH excluding ortho intramolecular Hbond substituents is 6. The fraction of sp³-hybridized carbons (Fsp3) is 0.233. The first kappa shape index (κ1) is 97.0. The summed E-state index contributed by atoms with van der Waals surface area (Å²) in [6.07, 6.45) is 17.0. The molecule has 10 N–H and O–H groups in total. The van der Waals surface area contributed by atoms with E-state index in [0.29, 0.717) is 90.6 Å². The SMILES string of the molecule is C.O=C(CN(CCCCOCCCCN(CC(=O)N/N=C/c1cc(Br)c(O)c(Br)c1)c1cccc2ncccc12)c1cccc2ccccc12)N/N=C/c1cc(Br)c(O)c(Br)c1.O=C(CN(CCCCOCCCCN(CC(=O)N/N=C/c1cc(Br)c(O)c(Br)c1O)c1cccc2ncccc12)c1cccc2ncccc12)N/N=C/c1cc(Br)c(O)c(Br)c1O. The largest absolute Gasteiger partial charge is 0.506 e. The van der Waals surface area contributed by atoms with Crippen molar-refractivity contribution in [2.75, 3.05) is 98.4 Å². The minimum absolute atomic E-state index is 0. The number of nitrogens with one attached hydrogen (secondary N) is 4. The number of unbranched alkanes of at least 4 members (excludes halogenated alkanes) is 4. The number of anilines is 4. The molecule has 0 aliphatic rings. The van der Waals surface area contributed by atoms with E-state index in [4.69, 9.17) is 9.47 Å². The average molecular weight is 2210 g/mol. The Labute approximate surface area is 789 Å². The molecule has 3 aromatic heterocycles. The quantitative estimate of drug-likeness (QED) is 0.00969. The molecule has 4 amide bonds. The lowest BCUT2D eigenvalue weighted by molar-refractivity contribution is -0.120. The third-order valence-electron chi connectivity index (χ3n) is 19.3. The summed E-state index contributed by atoms with van der Waals surface area (Å²) < 4.78 is 15.0. The molecular formula is C90H89Br8N15O12. The highest BCUT2D eigenvalue weighted by Gasteiger charge is 2.22. The Morgan fingerprint density at radius 2 is 0.608 bits per heavy atom. The summed E-state index contributed by atoms with van der Waals surface area (Å²) in [7, 11) is 0. The van der Waals surface area contributed by atoms with E-state index in [-0.39, 0.29) is 112 Å². The molecule has 0 saturated heterocycles. The van der Waals surface area contributed by atoms with E-state index in [0.717, 1.165) is 118 Å². The highest BCUT2D eigenvalue weighted by atomic mass is 79.9. The zero-order valence-electron chi connectivity index (χ0n) is 66.4. The van der Waals surface area contributed by atoms with Crippen LogP contribution in [0.2, 0.25) is 0 Å². The van der Waals surface area contributed by atoms with Crippen LogP contribution in [0.5, 0.6) is 34.5 Å². The number of ether oxygens (including phenoxy) is 2. The number of hydrogen-bond acceptors (Lipinski definition) is 23. The molecule has 0 aliphatic carbocycles. The summed E-state index contributed by atoms with van der Waals surface area (Å²) in [6.45, 7) is 4.75. The Kier molecular flexibility index (Phi) is 38.1. The molecule has 27 nitrogen and oxygen atoms in total. The lowest BCUT2D eigenvalue weighted by Crippen LogP contribution is -2.36. The van der Waals surface area contributed by atoms with Crippen LogP contribution in [0.3, 0.4) is 0 Å². The van der Waals surface area contributed by atoms with Gasteiger partial charge in [0.25, 0.3) is 23.6 Å². The van der Waals surface area contributed by atoms with E-state index in [1.54, 1.807) is 42.9 Å². The van der Waals surface area contributed by atoms with E-state index in [9.17, 15) is 49.8 Å². The van der Waals surface area contributed by atoms with Crippen molar-refractivity contribution < 1.29 is 59.3 Å². The van der Waals surface area contributed by atoms with Crippen molar-refractivity contribution in [2.24, 2.45) is 20.4 Å². The average Bonchev–Trinajstić information content (AvgIpc) is 0.805. The topological polar surface area (TPSA) is 357 Å². The summed E-state index contributed by atoms with van der Waals surface area (Å²) in [6, 6.07) is 53.0. The Morgan fingerprint density at radius 1 is 0.328 bits per heavy atom. The number of hydrogen-bond donors (Lipinski definition) is 10. The molecular weight excluding hydrogens is 2120 g/mol. The van der Waals surface area contributed by atoms with E-state index < -0.39 is 0 Å².